The molecule has 4 nitrogen and oxygen atoms in total. The van der Waals surface area contributed by atoms with E-state index >= 15 is 0 Å². The number of carbonyl (C=O) groups is 1. The highest BCUT2D eigenvalue weighted by Crippen LogP contribution is 2.47. The van der Waals surface area contributed by atoms with Crippen LogP contribution in [0.2, 0.25) is 0 Å². The second-order valence-electron chi connectivity index (χ2n) is 4.65. The predicted octanol–water partition coefficient (Wildman–Crippen LogP) is 1.48. The molecule has 4 heteroatoms. The molecule has 0 amide bonds. The topological polar surface area (TPSA) is 66.8 Å². The Bertz CT molecular complexity index is 447. The number of carboxylic acids is 1. The van der Waals surface area contributed by atoms with E-state index in [1.165, 1.54) is 7.11 Å². The molecule has 0 unspecified atom stereocenters. The number of aliphatic hydroxyl groups excluding tert-OH is 1. The van der Waals surface area contributed by atoms with E-state index in [1.807, 2.05) is 19.1 Å². The Labute approximate surface area is 99.8 Å². The van der Waals surface area contributed by atoms with Gasteiger partial charge in [0.2, 0.25) is 0 Å². The molecule has 0 aliphatic heterocycles. The van der Waals surface area contributed by atoms with E-state index in [-0.39, 0.29) is 12.8 Å². The number of aryl methyl sites for hydroxylation is 1. The highest BCUT2D eigenvalue weighted by atomic mass is 16.5. The van der Waals surface area contributed by atoms with E-state index < -0.39 is 17.5 Å². The minimum Gasteiger partial charge on any atom is -0.496 e. The summed E-state index contributed by atoms with van der Waals surface area (Å²) in [6, 6.07) is 5.48. The average Bonchev–Trinajstić information content (AvgIpc) is 2.24. The molecule has 0 spiro atoms. The van der Waals surface area contributed by atoms with Gasteiger partial charge in [-0.15, -0.1) is 0 Å². The average molecular weight is 236 g/mol. The van der Waals surface area contributed by atoms with Crippen molar-refractivity contribution in [3.63, 3.8) is 0 Å². The molecule has 17 heavy (non-hydrogen) atoms. The van der Waals surface area contributed by atoms with Crippen molar-refractivity contribution in [1.29, 1.82) is 0 Å². The molecule has 0 heterocycles. The summed E-state index contributed by atoms with van der Waals surface area (Å²) >= 11 is 0. The van der Waals surface area contributed by atoms with Gasteiger partial charge in [0.05, 0.1) is 13.2 Å². The summed E-state index contributed by atoms with van der Waals surface area (Å²) in [5, 5.41) is 18.8. The summed E-state index contributed by atoms with van der Waals surface area (Å²) < 4.78 is 5.25. The van der Waals surface area contributed by atoms with E-state index in [0.717, 1.165) is 5.56 Å². The van der Waals surface area contributed by atoms with Crippen molar-refractivity contribution in [2.45, 2.75) is 31.3 Å². The Morgan fingerprint density at radius 3 is 2.59 bits per heavy atom. The third-order valence-electron chi connectivity index (χ3n) is 3.45. The molecule has 1 aromatic carbocycles. The van der Waals surface area contributed by atoms with Crippen molar-refractivity contribution in [2.75, 3.05) is 7.11 Å². The molecule has 0 bridgehead atoms. The molecule has 92 valence electrons. The van der Waals surface area contributed by atoms with Gasteiger partial charge in [0.25, 0.3) is 0 Å². The van der Waals surface area contributed by atoms with Gasteiger partial charge >= 0.3 is 5.97 Å². The molecule has 1 aliphatic rings. The summed E-state index contributed by atoms with van der Waals surface area (Å²) in [6.45, 7) is 1.93. The monoisotopic (exact) mass is 236 g/mol. The van der Waals surface area contributed by atoms with Gasteiger partial charge in [-0.3, -0.25) is 4.79 Å². The fourth-order valence-electron chi connectivity index (χ4n) is 2.45. The first kappa shape index (κ1) is 11.9. The number of hydrogen-bond acceptors (Lipinski definition) is 3. The predicted molar refractivity (Wildman–Crippen MR) is 62.3 cm³/mol. The van der Waals surface area contributed by atoms with E-state index in [2.05, 4.69) is 0 Å². The van der Waals surface area contributed by atoms with Crippen LogP contribution in [-0.4, -0.2) is 29.4 Å². The van der Waals surface area contributed by atoms with Crippen LogP contribution in [0.1, 0.15) is 24.0 Å². The molecule has 0 radical (unpaired) electrons. The highest BCUT2D eigenvalue weighted by molar-refractivity contribution is 5.84. The fourth-order valence-corrected chi connectivity index (χ4v) is 2.45. The van der Waals surface area contributed by atoms with Crippen LogP contribution in [0, 0.1) is 6.92 Å². The molecular formula is C13H16O4. The lowest BCUT2D eigenvalue weighted by atomic mass is 9.62. The zero-order valence-corrected chi connectivity index (χ0v) is 9.93. The number of aliphatic hydroxyl groups is 1. The molecule has 0 aromatic heterocycles. The molecule has 1 fully saturated rings. The van der Waals surface area contributed by atoms with Crippen molar-refractivity contribution in [2.24, 2.45) is 0 Å². The van der Waals surface area contributed by atoms with Crippen molar-refractivity contribution in [1.82, 2.24) is 0 Å². The minimum absolute atomic E-state index is 0.252. The number of methoxy groups -OCH3 is 1. The fraction of sp³-hybridized carbons (Fsp3) is 0.462. The number of aliphatic carboxylic acids is 1. The van der Waals surface area contributed by atoms with Crippen LogP contribution >= 0.6 is 0 Å². The molecule has 1 saturated carbocycles. The quantitative estimate of drug-likeness (QED) is 0.834. The SMILES string of the molecule is COc1cc(C)ccc1C1(C(=O)O)CC(O)C1. The Balaban J connectivity index is 2.48. The van der Waals surface area contributed by atoms with Gasteiger partial charge in [0, 0.05) is 5.56 Å². The third kappa shape index (κ3) is 1.78. The lowest BCUT2D eigenvalue weighted by molar-refractivity contribution is -0.153. The van der Waals surface area contributed by atoms with Gasteiger partial charge < -0.3 is 14.9 Å². The van der Waals surface area contributed by atoms with E-state index in [4.69, 9.17) is 4.74 Å². The second kappa shape index (κ2) is 4.04. The van der Waals surface area contributed by atoms with Crippen LogP contribution < -0.4 is 4.74 Å². The lowest BCUT2D eigenvalue weighted by Gasteiger charge is -2.42. The van der Waals surface area contributed by atoms with Crippen molar-refractivity contribution >= 4 is 5.97 Å². The number of ether oxygens (including phenoxy) is 1. The zero-order valence-electron chi connectivity index (χ0n) is 9.93. The molecular weight excluding hydrogens is 220 g/mol. The number of benzene rings is 1. The Hall–Kier alpha value is -1.55. The highest BCUT2D eigenvalue weighted by Gasteiger charge is 2.52. The maximum Gasteiger partial charge on any atom is 0.314 e. The van der Waals surface area contributed by atoms with Gasteiger partial charge in [-0.25, -0.2) is 0 Å². The van der Waals surface area contributed by atoms with Crippen molar-refractivity contribution < 1.29 is 19.7 Å². The summed E-state index contributed by atoms with van der Waals surface area (Å²) in [5.41, 5.74) is 0.688. The summed E-state index contributed by atoms with van der Waals surface area (Å²) in [4.78, 5) is 11.4. The second-order valence-corrected chi connectivity index (χ2v) is 4.65. The van der Waals surface area contributed by atoms with Crippen molar-refractivity contribution in [3.8, 4) is 5.75 Å². The van der Waals surface area contributed by atoms with Gasteiger partial charge in [0.15, 0.2) is 0 Å². The maximum atomic E-state index is 11.4. The first-order valence-electron chi connectivity index (χ1n) is 5.56. The Morgan fingerprint density at radius 2 is 2.12 bits per heavy atom. The standard InChI is InChI=1S/C13H16O4/c1-8-3-4-10(11(5-8)17-2)13(12(15)16)6-9(14)7-13/h3-5,9,14H,6-7H2,1-2H3,(H,15,16). The molecule has 0 atom stereocenters. The lowest BCUT2D eigenvalue weighted by Crippen LogP contribution is -2.50. The van der Waals surface area contributed by atoms with E-state index in [9.17, 15) is 15.0 Å². The third-order valence-corrected chi connectivity index (χ3v) is 3.45. The molecule has 2 rings (SSSR count). The van der Waals surface area contributed by atoms with Crippen LogP contribution in [0.3, 0.4) is 0 Å². The largest absolute Gasteiger partial charge is 0.496 e. The van der Waals surface area contributed by atoms with Crippen LogP contribution in [-0.2, 0) is 10.2 Å². The van der Waals surface area contributed by atoms with Crippen LogP contribution in [0.5, 0.6) is 5.75 Å². The van der Waals surface area contributed by atoms with Crippen LogP contribution in [0.15, 0.2) is 18.2 Å². The van der Waals surface area contributed by atoms with Crippen LogP contribution in [0.4, 0.5) is 0 Å². The maximum absolute atomic E-state index is 11.4. The summed E-state index contributed by atoms with van der Waals surface area (Å²) in [6.07, 6.45) is -0.0270. The molecule has 0 saturated heterocycles. The minimum atomic E-state index is -0.988. The van der Waals surface area contributed by atoms with Gasteiger partial charge in [-0.2, -0.15) is 0 Å². The Morgan fingerprint density at radius 1 is 1.47 bits per heavy atom. The van der Waals surface area contributed by atoms with Gasteiger partial charge in [-0.1, -0.05) is 12.1 Å². The molecule has 1 aliphatic carbocycles. The Kier molecular flexibility index (Phi) is 2.83. The van der Waals surface area contributed by atoms with Crippen LogP contribution in [0.25, 0.3) is 0 Å². The van der Waals surface area contributed by atoms with E-state index in [0.29, 0.717) is 11.3 Å². The molecule has 1 aromatic rings. The number of hydrogen-bond donors (Lipinski definition) is 2. The smallest absolute Gasteiger partial charge is 0.314 e. The summed E-state index contributed by atoms with van der Waals surface area (Å²) in [5.74, 6) is -0.316. The van der Waals surface area contributed by atoms with Gasteiger partial charge in [-0.05, 0) is 31.4 Å². The first-order chi connectivity index (χ1) is 7.99. The normalized spacial score (nSPS) is 27.4. The first-order valence-corrected chi connectivity index (χ1v) is 5.56. The molecule has 2 N–H and O–H groups in total. The number of rotatable bonds is 3. The summed E-state index contributed by atoms with van der Waals surface area (Å²) in [7, 11) is 1.53. The van der Waals surface area contributed by atoms with Gasteiger partial charge in [0.1, 0.15) is 11.2 Å². The van der Waals surface area contributed by atoms with Crippen molar-refractivity contribution in [3.05, 3.63) is 29.3 Å². The van der Waals surface area contributed by atoms with E-state index in [1.54, 1.807) is 6.07 Å². The number of carboxylic acid groups (broad SMARTS) is 1. The zero-order chi connectivity index (χ0) is 12.6.